The molecule has 2 atom stereocenters. The number of hydrogen-bond donors (Lipinski definition) is 0. The minimum Gasteiger partial charge on any atom is -0.481 e. The number of rotatable bonds is 4. The molecule has 1 fully saturated rings. The van der Waals surface area contributed by atoms with Crippen LogP contribution in [0.4, 0.5) is 0 Å². The van der Waals surface area contributed by atoms with Gasteiger partial charge in [-0.2, -0.15) is 0 Å². The molecule has 1 aliphatic heterocycles. The standard InChI is InChI=1S/C26H28N2O/c1-29-26-12-10-23(17-27-26)21-7-8-22-16-25(11-9-20(22)15-21)28-14-13-24(18-28)19-5-3-2-4-6-19/h2-8,10,12,15,17,24-25H,9,11,13-14,16,18H2,1H3. The molecule has 29 heavy (non-hydrogen) atoms. The van der Waals surface area contributed by atoms with Crippen molar-refractivity contribution >= 4 is 0 Å². The Balaban J connectivity index is 1.28. The monoisotopic (exact) mass is 384 g/mol. The third-order valence-corrected chi connectivity index (χ3v) is 6.69. The molecule has 2 heterocycles. The van der Waals surface area contributed by atoms with E-state index in [1.807, 2.05) is 12.3 Å². The molecule has 1 aliphatic carbocycles. The van der Waals surface area contributed by atoms with E-state index in [0.717, 1.165) is 5.56 Å². The van der Waals surface area contributed by atoms with E-state index in [1.165, 1.54) is 61.0 Å². The van der Waals surface area contributed by atoms with Gasteiger partial charge >= 0.3 is 0 Å². The highest BCUT2D eigenvalue weighted by Crippen LogP contribution is 2.34. The predicted octanol–water partition coefficient (Wildman–Crippen LogP) is 5.10. The summed E-state index contributed by atoms with van der Waals surface area (Å²) in [6.07, 6.45) is 6.80. The van der Waals surface area contributed by atoms with Crippen LogP contribution in [0.15, 0.2) is 66.9 Å². The van der Waals surface area contributed by atoms with Crippen LogP contribution in [0.1, 0.15) is 35.4 Å². The lowest BCUT2D eigenvalue weighted by atomic mass is 9.86. The highest BCUT2D eigenvalue weighted by molar-refractivity contribution is 5.64. The largest absolute Gasteiger partial charge is 0.481 e. The number of hydrogen-bond acceptors (Lipinski definition) is 3. The molecule has 1 aromatic heterocycles. The van der Waals surface area contributed by atoms with E-state index < -0.39 is 0 Å². The fourth-order valence-corrected chi connectivity index (χ4v) is 5.02. The maximum absolute atomic E-state index is 5.18. The highest BCUT2D eigenvalue weighted by Gasteiger charge is 2.31. The van der Waals surface area contributed by atoms with Gasteiger partial charge in [-0.3, -0.25) is 4.90 Å². The molecule has 2 unspecified atom stereocenters. The van der Waals surface area contributed by atoms with Gasteiger partial charge in [0.1, 0.15) is 0 Å². The zero-order chi connectivity index (χ0) is 19.6. The van der Waals surface area contributed by atoms with E-state index >= 15 is 0 Å². The summed E-state index contributed by atoms with van der Waals surface area (Å²) in [5.74, 6) is 1.36. The van der Waals surface area contributed by atoms with Crippen LogP contribution in [0, 0.1) is 0 Å². The fourth-order valence-electron chi connectivity index (χ4n) is 5.02. The molecular weight excluding hydrogens is 356 g/mol. The highest BCUT2D eigenvalue weighted by atomic mass is 16.5. The van der Waals surface area contributed by atoms with Crippen molar-refractivity contribution in [1.29, 1.82) is 0 Å². The first-order valence-electron chi connectivity index (χ1n) is 10.7. The number of likely N-dealkylation sites (tertiary alicyclic amines) is 1. The summed E-state index contributed by atoms with van der Waals surface area (Å²) < 4.78 is 5.18. The summed E-state index contributed by atoms with van der Waals surface area (Å²) in [5, 5.41) is 0. The van der Waals surface area contributed by atoms with Gasteiger partial charge in [0.05, 0.1) is 7.11 Å². The number of aromatic nitrogens is 1. The van der Waals surface area contributed by atoms with Gasteiger partial charge in [-0.15, -0.1) is 0 Å². The number of methoxy groups -OCH3 is 1. The maximum Gasteiger partial charge on any atom is 0.212 e. The van der Waals surface area contributed by atoms with Gasteiger partial charge in [0.2, 0.25) is 5.88 Å². The van der Waals surface area contributed by atoms with Crippen molar-refractivity contribution in [3.05, 3.63) is 83.6 Å². The summed E-state index contributed by atoms with van der Waals surface area (Å²) in [7, 11) is 1.65. The van der Waals surface area contributed by atoms with Crippen LogP contribution in [0.25, 0.3) is 11.1 Å². The van der Waals surface area contributed by atoms with Gasteiger partial charge in [0, 0.05) is 30.4 Å². The van der Waals surface area contributed by atoms with Crippen LogP contribution < -0.4 is 4.74 Å². The van der Waals surface area contributed by atoms with Gasteiger partial charge in [-0.1, -0.05) is 48.5 Å². The Labute approximate surface area is 173 Å². The number of fused-ring (bicyclic) bond motifs is 1. The molecule has 3 heteroatoms. The smallest absolute Gasteiger partial charge is 0.212 e. The fraction of sp³-hybridized carbons (Fsp3) is 0.346. The molecule has 3 nitrogen and oxygen atoms in total. The third-order valence-electron chi connectivity index (χ3n) is 6.69. The first kappa shape index (κ1) is 18.4. The minimum atomic E-state index is 0.661. The summed E-state index contributed by atoms with van der Waals surface area (Å²) in [4.78, 5) is 7.09. The van der Waals surface area contributed by atoms with Gasteiger partial charge in [0.15, 0.2) is 0 Å². The molecular formula is C26H28N2O. The van der Waals surface area contributed by atoms with E-state index in [2.05, 4.69) is 64.5 Å². The number of aryl methyl sites for hydroxylation is 1. The second-order valence-corrected chi connectivity index (χ2v) is 8.36. The molecule has 0 amide bonds. The Kier molecular flexibility index (Phi) is 5.07. The Hall–Kier alpha value is -2.65. The van der Waals surface area contributed by atoms with Gasteiger partial charge < -0.3 is 4.74 Å². The van der Waals surface area contributed by atoms with E-state index in [4.69, 9.17) is 4.74 Å². The van der Waals surface area contributed by atoms with Crippen molar-refractivity contribution in [2.75, 3.05) is 20.2 Å². The minimum absolute atomic E-state index is 0.661. The first-order chi connectivity index (χ1) is 14.3. The van der Waals surface area contributed by atoms with Gasteiger partial charge in [-0.05, 0) is 66.5 Å². The lowest BCUT2D eigenvalue weighted by molar-refractivity contribution is 0.219. The van der Waals surface area contributed by atoms with Crippen molar-refractivity contribution < 1.29 is 4.74 Å². The Morgan fingerprint density at radius 1 is 0.931 bits per heavy atom. The molecule has 0 N–H and O–H groups in total. The second kappa shape index (κ2) is 8.00. The molecule has 2 aliphatic rings. The van der Waals surface area contributed by atoms with Crippen LogP contribution in [0.5, 0.6) is 5.88 Å². The normalized spacial score (nSPS) is 21.7. The summed E-state index contributed by atoms with van der Waals surface area (Å²) >= 11 is 0. The van der Waals surface area contributed by atoms with Crippen LogP contribution in [-0.2, 0) is 12.8 Å². The van der Waals surface area contributed by atoms with Gasteiger partial charge in [0.25, 0.3) is 0 Å². The number of benzene rings is 2. The summed E-state index contributed by atoms with van der Waals surface area (Å²) in [6.45, 7) is 2.44. The topological polar surface area (TPSA) is 25.4 Å². The van der Waals surface area contributed by atoms with Crippen LogP contribution in [0.2, 0.25) is 0 Å². The molecule has 0 bridgehead atoms. The van der Waals surface area contributed by atoms with E-state index in [0.29, 0.717) is 17.8 Å². The molecule has 5 rings (SSSR count). The lowest BCUT2D eigenvalue weighted by Gasteiger charge is -2.32. The van der Waals surface area contributed by atoms with E-state index in [1.54, 1.807) is 7.11 Å². The van der Waals surface area contributed by atoms with Crippen LogP contribution in [-0.4, -0.2) is 36.1 Å². The Morgan fingerprint density at radius 2 is 1.79 bits per heavy atom. The quantitative estimate of drug-likeness (QED) is 0.625. The van der Waals surface area contributed by atoms with Crippen LogP contribution in [0.3, 0.4) is 0 Å². The molecule has 148 valence electrons. The Bertz CT molecular complexity index is 968. The van der Waals surface area contributed by atoms with E-state index in [-0.39, 0.29) is 0 Å². The van der Waals surface area contributed by atoms with Crippen molar-refractivity contribution in [2.45, 2.75) is 37.6 Å². The number of ether oxygens (including phenoxy) is 1. The second-order valence-electron chi connectivity index (χ2n) is 8.36. The molecule has 0 saturated carbocycles. The zero-order valence-electron chi connectivity index (χ0n) is 17.1. The van der Waals surface area contributed by atoms with Crippen molar-refractivity contribution in [3.8, 4) is 17.0 Å². The maximum atomic E-state index is 5.18. The summed E-state index contributed by atoms with van der Waals surface area (Å²) in [5.41, 5.74) is 6.94. The van der Waals surface area contributed by atoms with Gasteiger partial charge in [-0.25, -0.2) is 4.98 Å². The number of pyridine rings is 1. The lowest BCUT2D eigenvalue weighted by Crippen LogP contribution is -2.37. The molecule has 0 spiro atoms. The molecule has 1 saturated heterocycles. The average Bonchev–Trinajstić information content (AvgIpc) is 3.29. The summed E-state index contributed by atoms with van der Waals surface area (Å²) in [6, 6.07) is 22.7. The van der Waals surface area contributed by atoms with Crippen molar-refractivity contribution in [1.82, 2.24) is 9.88 Å². The number of nitrogens with zero attached hydrogens (tertiary/aromatic N) is 2. The average molecular weight is 385 g/mol. The molecule has 0 radical (unpaired) electrons. The SMILES string of the molecule is COc1ccc(-c2ccc3c(c2)CCC(N2CCC(c4ccccc4)C2)C3)cn1. The molecule has 2 aromatic carbocycles. The third kappa shape index (κ3) is 3.79. The zero-order valence-corrected chi connectivity index (χ0v) is 17.1. The van der Waals surface area contributed by atoms with E-state index in [9.17, 15) is 0 Å². The molecule has 3 aromatic rings. The van der Waals surface area contributed by atoms with Crippen LogP contribution >= 0.6 is 0 Å². The van der Waals surface area contributed by atoms with Crippen molar-refractivity contribution in [2.24, 2.45) is 0 Å². The Morgan fingerprint density at radius 3 is 2.59 bits per heavy atom. The van der Waals surface area contributed by atoms with Crippen molar-refractivity contribution in [3.63, 3.8) is 0 Å². The first-order valence-corrected chi connectivity index (χ1v) is 10.7. The predicted molar refractivity (Wildman–Crippen MR) is 117 cm³/mol.